The molecule has 1 atom stereocenters. The highest BCUT2D eigenvalue weighted by Gasteiger charge is 2.41. The second-order valence-corrected chi connectivity index (χ2v) is 6.10. The SMILES string of the molecule is CCCNC(=NCC(=O)N(C)C)N1CCN(C(C)C(F)(F)F)CC1. The van der Waals surface area contributed by atoms with E-state index in [9.17, 15) is 18.0 Å². The number of hydrogen-bond donors (Lipinski definition) is 1. The summed E-state index contributed by atoms with van der Waals surface area (Å²) in [6, 6.07) is -1.45. The van der Waals surface area contributed by atoms with Crippen LogP contribution in [0.3, 0.4) is 0 Å². The van der Waals surface area contributed by atoms with E-state index in [1.54, 1.807) is 14.1 Å². The Bertz CT molecular complexity index is 431. The Balaban J connectivity index is 2.66. The van der Waals surface area contributed by atoms with Crippen LogP contribution < -0.4 is 5.32 Å². The Morgan fingerprint density at radius 3 is 2.29 bits per heavy atom. The van der Waals surface area contributed by atoms with Gasteiger partial charge in [0.15, 0.2) is 5.96 Å². The van der Waals surface area contributed by atoms with Gasteiger partial charge < -0.3 is 15.1 Å². The van der Waals surface area contributed by atoms with Gasteiger partial charge >= 0.3 is 6.18 Å². The van der Waals surface area contributed by atoms with E-state index in [0.29, 0.717) is 38.7 Å². The first-order valence-corrected chi connectivity index (χ1v) is 8.21. The molecule has 0 bridgehead atoms. The number of alkyl halides is 3. The molecule has 0 saturated carbocycles. The van der Waals surface area contributed by atoms with Crippen molar-refractivity contribution in [3.63, 3.8) is 0 Å². The molecule has 1 amide bonds. The van der Waals surface area contributed by atoms with Crippen molar-refractivity contribution in [1.29, 1.82) is 0 Å². The first kappa shape index (κ1) is 20.5. The fourth-order valence-electron chi connectivity index (χ4n) is 2.32. The maximum Gasteiger partial charge on any atom is 0.403 e. The van der Waals surface area contributed by atoms with Gasteiger partial charge in [-0.2, -0.15) is 13.2 Å². The lowest BCUT2D eigenvalue weighted by molar-refractivity contribution is -0.181. The Hall–Kier alpha value is -1.51. The number of aliphatic imine (C=N–C) groups is 1. The number of likely N-dealkylation sites (N-methyl/N-ethyl adjacent to an activating group) is 1. The molecule has 1 unspecified atom stereocenters. The highest BCUT2D eigenvalue weighted by molar-refractivity contribution is 5.84. The summed E-state index contributed by atoms with van der Waals surface area (Å²) in [4.78, 5) is 20.8. The lowest BCUT2D eigenvalue weighted by Gasteiger charge is -2.39. The molecular weight excluding hydrogens is 323 g/mol. The molecule has 0 aromatic heterocycles. The largest absolute Gasteiger partial charge is 0.403 e. The van der Waals surface area contributed by atoms with E-state index in [2.05, 4.69) is 10.3 Å². The van der Waals surface area contributed by atoms with E-state index in [4.69, 9.17) is 0 Å². The van der Waals surface area contributed by atoms with Crippen LogP contribution in [0.5, 0.6) is 0 Å². The maximum atomic E-state index is 12.8. The lowest BCUT2D eigenvalue weighted by Crippen LogP contribution is -2.57. The average Bonchev–Trinajstić information content (AvgIpc) is 2.53. The van der Waals surface area contributed by atoms with E-state index in [1.807, 2.05) is 11.8 Å². The van der Waals surface area contributed by atoms with Crippen molar-refractivity contribution in [1.82, 2.24) is 20.0 Å². The summed E-state index contributed by atoms with van der Waals surface area (Å²) in [6.07, 6.45) is -3.32. The van der Waals surface area contributed by atoms with Crippen LogP contribution in [-0.4, -0.2) is 92.1 Å². The topological polar surface area (TPSA) is 51.2 Å². The van der Waals surface area contributed by atoms with Crippen LogP contribution in [-0.2, 0) is 4.79 Å². The predicted octanol–water partition coefficient (Wildman–Crippen LogP) is 0.999. The molecule has 0 aliphatic carbocycles. The van der Waals surface area contributed by atoms with Gasteiger partial charge in [0.1, 0.15) is 12.6 Å². The molecule has 6 nitrogen and oxygen atoms in total. The van der Waals surface area contributed by atoms with Crippen LogP contribution in [0.2, 0.25) is 0 Å². The van der Waals surface area contributed by atoms with Gasteiger partial charge in [0.05, 0.1) is 0 Å². The number of nitrogens with zero attached hydrogens (tertiary/aromatic N) is 4. The van der Waals surface area contributed by atoms with Crippen molar-refractivity contribution in [2.45, 2.75) is 32.5 Å². The zero-order valence-electron chi connectivity index (χ0n) is 14.9. The third kappa shape index (κ3) is 6.18. The molecule has 1 heterocycles. The second kappa shape index (κ2) is 9.10. The number of piperazine rings is 1. The predicted molar refractivity (Wildman–Crippen MR) is 88.0 cm³/mol. The molecular formula is C15H28F3N5O. The van der Waals surface area contributed by atoms with Crippen LogP contribution in [0, 0.1) is 0 Å². The number of carbonyl (C=O) groups excluding carboxylic acids is 1. The third-order valence-corrected chi connectivity index (χ3v) is 4.03. The first-order valence-electron chi connectivity index (χ1n) is 8.21. The summed E-state index contributed by atoms with van der Waals surface area (Å²) < 4.78 is 38.4. The van der Waals surface area contributed by atoms with E-state index in [-0.39, 0.29) is 12.5 Å². The number of hydrogen-bond acceptors (Lipinski definition) is 3. The van der Waals surface area contributed by atoms with Crippen molar-refractivity contribution in [2.75, 3.05) is 53.4 Å². The van der Waals surface area contributed by atoms with Gasteiger partial charge in [0, 0.05) is 46.8 Å². The van der Waals surface area contributed by atoms with Gasteiger partial charge in [-0.25, -0.2) is 4.99 Å². The fourth-order valence-corrected chi connectivity index (χ4v) is 2.32. The van der Waals surface area contributed by atoms with Crippen LogP contribution in [0.4, 0.5) is 13.2 Å². The lowest BCUT2D eigenvalue weighted by atomic mass is 10.2. The van der Waals surface area contributed by atoms with Gasteiger partial charge in [-0.3, -0.25) is 9.69 Å². The van der Waals surface area contributed by atoms with E-state index < -0.39 is 12.2 Å². The minimum absolute atomic E-state index is 0.0260. The minimum atomic E-state index is -4.21. The number of guanidine groups is 1. The molecule has 1 rings (SSSR count). The van der Waals surface area contributed by atoms with Crippen molar-refractivity contribution in [3.05, 3.63) is 0 Å². The summed E-state index contributed by atoms with van der Waals surface area (Å²) in [7, 11) is 3.32. The zero-order valence-corrected chi connectivity index (χ0v) is 14.9. The zero-order chi connectivity index (χ0) is 18.3. The Kier molecular flexibility index (Phi) is 7.78. The normalized spacial score (nSPS) is 18.5. The molecule has 140 valence electrons. The molecule has 9 heteroatoms. The van der Waals surface area contributed by atoms with Crippen LogP contribution in [0.25, 0.3) is 0 Å². The standard InChI is InChI=1S/C15H28F3N5O/c1-5-6-19-14(20-11-13(24)21(3)4)23-9-7-22(8-10-23)12(2)15(16,17)18/h12H,5-11H2,1-4H3,(H,19,20). The van der Waals surface area contributed by atoms with Crippen LogP contribution in [0.1, 0.15) is 20.3 Å². The quantitative estimate of drug-likeness (QED) is 0.593. The second-order valence-electron chi connectivity index (χ2n) is 6.10. The van der Waals surface area contributed by atoms with E-state index >= 15 is 0 Å². The molecule has 0 radical (unpaired) electrons. The molecule has 24 heavy (non-hydrogen) atoms. The molecule has 1 N–H and O–H groups in total. The molecule has 1 saturated heterocycles. The molecule has 0 aromatic carbocycles. The molecule has 1 fully saturated rings. The van der Waals surface area contributed by atoms with Gasteiger partial charge in [-0.05, 0) is 13.3 Å². The fraction of sp³-hybridized carbons (Fsp3) is 0.867. The van der Waals surface area contributed by atoms with E-state index in [0.717, 1.165) is 6.42 Å². The number of carbonyl (C=O) groups is 1. The summed E-state index contributed by atoms with van der Waals surface area (Å²) in [5.74, 6) is 0.474. The Labute approximate surface area is 141 Å². The highest BCUT2D eigenvalue weighted by atomic mass is 19.4. The van der Waals surface area contributed by atoms with Gasteiger partial charge in [0.2, 0.25) is 5.91 Å². The third-order valence-electron chi connectivity index (χ3n) is 4.03. The van der Waals surface area contributed by atoms with E-state index in [1.165, 1.54) is 16.7 Å². The van der Waals surface area contributed by atoms with Crippen LogP contribution in [0.15, 0.2) is 4.99 Å². The number of nitrogens with one attached hydrogen (secondary N) is 1. The summed E-state index contributed by atoms with van der Waals surface area (Å²) in [6.45, 7) is 5.46. The molecule has 1 aliphatic heterocycles. The first-order chi connectivity index (χ1) is 11.2. The highest BCUT2D eigenvalue weighted by Crippen LogP contribution is 2.25. The molecule has 0 aromatic rings. The number of amides is 1. The molecule has 0 spiro atoms. The van der Waals surface area contributed by atoms with Crippen LogP contribution >= 0.6 is 0 Å². The van der Waals surface area contributed by atoms with Crippen molar-refractivity contribution < 1.29 is 18.0 Å². The molecule has 1 aliphatic rings. The summed E-state index contributed by atoms with van der Waals surface area (Å²) in [5, 5.41) is 3.17. The van der Waals surface area contributed by atoms with Gasteiger partial charge in [0.25, 0.3) is 0 Å². The van der Waals surface area contributed by atoms with Gasteiger partial charge in [-0.15, -0.1) is 0 Å². The maximum absolute atomic E-state index is 12.8. The monoisotopic (exact) mass is 351 g/mol. The smallest absolute Gasteiger partial charge is 0.356 e. The number of rotatable bonds is 5. The Morgan fingerprint density at radius 2 is 1.83 bits per heavy atom. The van der Waals surface area contributed by atoms with Crippen molar-refractivity contribution in [2.24, 2.45) is 4.99 Å². The summed E-state index contributed by atoms with van der Waals surface area (Å²) >= 11 is 0. The average molecular weight is 351 g/mol. The van der Waals surface area contributed by atoms with Crippen molar-refractivity contribution >= 4 is 11.9 Å². The minimum Gasteiger partial charge on any atom is -0.356 e. The number of halogens is 3. The van der Waals surface area contributed by atoms with Crippen molar-refractivity contribution in [3.8, 4) is 0 Å². The Morgan fingerprint density at radius 1 is 1.25 bits per heavy atom. The summed E-state index contributed by atoms with van der Waals surface area (Å²) in [5.41, 5.74) is 0. The van der Waals surface area contributed by atoms with Gasteiger partial charge in [-0.1, -0.05) is 6.92 Å².